The molecule has 0 fully saturated rings. The van der Waals surface area contributed by atoms with E-state index in [0.717, 1.165) is 11.8 Å². The van der Waals surface area contributed by atoms with E-state index in [9.17, 15) is 13.2 Å². The lowest BCUT2D eigenvalue weighted by Crippen LogP contribution is -2.27. The number of hydrogen-bond donors (Lipinski definition) is 1. The fourth-order valence-electron chi connectivity index (χ4n) is 2.19. The Balaban J connectivity index is 2.15. The van der Waals surface area contributed by atoms with Crippen molar-refractivity contribution in [1.82, 2.24) is 5.32 Å². The van der Waals surface area contributed by atoms with E-state index in [2.05, 4.69) is 5.32 Å². The first-order chi connectivity index (χ1) is 10.8. The lowest BCUT2D eigenvalue weighted by atomic mass is 10.1. The monoisotopic (exact) mass is 333 g/mol. The van der Waals surface area contributed by atoms with E-state index in [1.54, 1.807) is 36.4 Å². The highest BCUT2D eigenvalue weighted by atomic mass is 32.2. The highest BCUT2D eigenvalue weighted by Crippen LogP contribution is 2.20. The third-order valence-electron chi connectivity index (χ3n) is 3.51. The SMILES string of the molecule is COc1ccccc1C(=O)NC(C)c1ccc(S(C)(=O)=O)cc1. The van der Waals surface area contributed by atoms with E-state index in [-0.39, 0.29) is 16.8 Å². The molecule has 1 amide bonds. The number of ether oxygens (including phenoxy) is 1. The number of methoxy groups -OCH3 is 1. The Bertz CT molecular complexity index is 798. The molecule has 6 heteroatoms. The lowest BCUT2D eigenvalue weighted by Gasteiger charge is -2.16. The summed E-state index contributed by atoms with van der Waals surface area (Å²) in [6.45, 7) is 1.84. The molecule has 0 bridgehead atoms. The number of benzene rings is 2. The Hall–Kier alpha value is -2.34. The van der Waals surface area contributed by atoms with Gasteiger partial charge in [-0.3, -0.25) is 4.79 Å². The molecule has 0 aliphatic rings. The van der Waals surface area contributed by atoms with Crippen LogP contribution in [-0.4, -0.2) is 27.7 Å². The van der Waals surface area contributed by atoms with Gasteiger partial charge in [0.15, 0.2) is 9.84 Å². The standard InChI is InChI=1S/C17H19NO4S/c1-12(13-8-10-14(11-9-13)23(3,20)21)18-17(19)15-6-4-5-7-16(15)22-2/h4-12H,1-3H3,(H,18,19). The molecule has 0 aromatic heterocycles. The van der Waals surface area contributed by atoms with Crippen LogP contribution in [0.25, 0.3) is 0 Å². The van der Waals surface area contributed by atoms with Crippen LogP contribution >= 0.6 is 0 Å². The number of rotatable bonds is 5. The molecule has 2 rings (SSSR count). The van der Waals surface area contributed by atoms with Crippen LogP contribution in [0, 0.1) is 0 Å². The summed E-state index contributed by atoms with van der Waals surface area (Å²) in [6, 6.07) is 13.2. The zero-order valence-corrected chi connectivity index (χ0v) is 14.1. The summed E-state index contributed by atoms with van der Waals surface area (Å²) in [6.07, 6.45) is 1.16. The number of hydrogen-bond acceptors (Lipinski definition) is 4. The molecule has 1 N–H and O–H groups in total. The molecule has 2 aromatic carbocycles. The van der Waals surface area contributed by atoms with Gasteiger partial charge in [0.2, 0.25) is 0 Å². The van der Waals surface area contributed by atoms with Crippen LogP contribution in [0.3, 0.4) is 0 Å². The Labute approximate surface area is 136 Å². The van der Waals surface area contributed by atoms with Crippen LogP contribution in [-0.2, 0) is 9.84 Å². The van der Waals surface area contributed by atoms with Gasteiger partial charge in [-0.05, 0) is 36.8 Å². The maximum absolute atomic E-state index is 12.3. The van der Waals surface area contributed by atoms with Gasteiger partial charge in [0.1, 0.15) is 5.75 Å². The zero-order chi connectivity index (χ0) is 17.0. The second-order valence-electron chi connectivity index (χ2n) is 5.24. The minimum absolute atomic E-state index is 0.248. The molecular weight excluding hydrogens is 314 g/mol. The smallest absolute Gasteiger partial charge is 0.255 e. The summed E-state index contributed by atoms with van der Waals surface area (Å²) in [5.41, 5.74) is 1.27. The van der Waals surface area contributed by atoms with Gasteiger partial charge in [0.05, 0.1) is 23.6 Å². The number of carbonyl (C=O) groups is 1. The fourth-order valence-corrected chi connectivity index (χ4v) is 2.82. The van der Waals surface area contributed by atoms with E-state index in [4.69, 9.17) is 4.74 Å². The Kier molecular flexibility index (Phi) is 5.05. The van der Waals surface area contributed by atoms with Crippen molar-refractivity contribution in [2.45, 2.75) is 17.9 Å². The average Bonchev–Trinajstić information content (AvgIpc) is 2.54. The Morgan fingerprint density at radius 1 is 1.09 bits per heavy atom. The van der Waals surface area contributed by atoms with Crippen molar-refractivity contribution in [2.75, 3.05) is 13.4 Å². The molecule has 1 atom stereocenters. The zero-order valence-electron chi connectivity index (χ0n) is 13.2. The van der Waals surface area contributed by atoms with Gasteiger partial charge >= 0.3 is 0 Å². The molecular formula is C17H19NO4S. The summed E-state index contributed by atoms with van der Waals surface area (Å²) in [4.78, 5) is 12.6. The van der Waals surface area contributed by atoms with Gasteiger partial charge in [-0.15, -0.1) is 0 Å². The molecule has 0 aliphatic carbocycles. The van der Waals surface area contributed by atoms with Crippen molar-refractivity contribution in [3.05, 3.63) is 59.7 Å². The molecule has 0 heterocycles. The number of amides is 1. The first-order valence-electron chi connectivity index (χ1n) is 7.07. The Morgan fingerprint density at radius 3 is 2.26 bits per heavy atom. The van der Waals surface area contributed by atoms with Crippen molar-refractivity contribution in [3.63, 3.8) is 0 Å². The molecule has 0 radical (unpaired) electrons. The maximum Gasteiger partial charge on any atom is 0.255 e. The van der Waals surface area contributed by atoms with Crippen LogP contribution in [0.2, 0.25) is 0 Å². The average molecular weight is 333 g/mol. The van der Waals surface area contributed by atoms with Crippen molar-refractivity contribution in [2.24, 2.45) is 0 Å². The normalized spacial score (nSPS) is 12.5. The van der Waals surface area contributed by atoms with Gasteiger partial charge in [-0.25, -0.2) is 8.42 Å². The number of sulfone groups is 1. The minimum Gasteiger partial charge on any atom is -0.496 e. The molecule has 0 aliphatic heterocycles. The van der Waals surface area contributed by atoms with Crippen molar-refractivity contribution in [1.29, 1.82) is 0 Å². The second-order valence-corrected chi connectivity index (χ2v) is 7.25. The van der Waals surface area contributed by atoms with Crippen LogP contribution in [0.5, 0.6) is 5.75 Å². The van der Waals surface area contributed by atoms with Gasteiger partial charge in [-0.1, -0.05) is 24.3 Å². The van der Waals surface area contributed by atoms with Gasteiger partial charge in [-0.2, -0.15) is 0 Å². The van der Waals surface area contributed by atoms with Crippen LogP contribution < -0.4 is 10.1 Å². The summed E-state index contributed by atoms with van der Waals surface area (Å²) >= 11 is 0. The molecule has 122 valence electrons. The van der Waals surface area contributed by atoms with Crippen LogP contribution in [0.1, 0.15) is 28.9 Å². The van der Waals surface area contributed by atoms with E-state index in [1.807, 2.05) is 6.92 Å². The first-order valence-corrected chi connectivity index (χ1v) is 8.96. The molecule has 0 saturated carbocycles. The Morgan fingerprint density at radius 2 is 1.70 bits per heavy atom. The molecule has 2 aromatic rings. The largest absolute Gasteiger partial charge is 0.496 e. The third kappa shape index (κ3) is 4.10. The van der Waals surface area contributed by atoms with Crippen molar-refractivity contribution >= 4 is 15.7 Å². The van der Waals surface area contributed by atoms with Gasteiger partial charge in [0, 0.05) is 6.26 Å². The summed E-state index contributed by atoms with van der Waals surface area (Å²) < 4.78 is 28.1. The second kappa shape index (κ2) is 6.83. The summed E-state index contributed by atoms with van der Waals surface area (Å²) in [5, 5.41) is 2.88. The molecule has 23 heavy (non-hydrogen) atoms. The lowest BCUT2D eigenvalue weighted by molar-refractivity contribution is 0.0937. The van der Waals surface area contributed by atoms with Crippen LogP contribution in [0.4, 0.5) is 0 Å². The first kappa shape index (κ1) is 17.0. The topological polar surface area (TPSA) is 72.5 Å². The quantitative estimate of drug-likeness (QED) is 0.913. The predicted molar refractivity (Wildman–Crippen MR) is 88.4 cm³/mol. The molecule has 0 spiro atoms. The highest BCUT2D eigenvalue weighted by molar-refractivity contribution is 7.90. The number of carbonyl (C=O) groups excluding carboxylic acids is 1. The van der Waals surface area contributed by atoms with E-state index in [0.29, 0.717) is 11.3 Å². The van der Waals surface area contributed by atoms with E-state index in [1.165, 1.54) is 19.2 Å². The van der Waals surface area contributed by atoms with Crippen molar-refractivity contribution in [3.8, 4) is 5.75 Å². The molecule has 1 unspecified atom stereocenters. The highest BCUT2D eigenvalue weighted by Gasteiger charge is 2.15. The molecule has 0 saturated heterocycles. The van der Waals surface area contributed by atoms with E-state index >= 15 is 0 Å². The van der Waals surface area contributed by atoms with Gasteiger partial charge < -0.3 is 10.1 Å². The number of nitrogens with one attached hydrogen (secondary N) is 1. The van der Waals surface area contributed by atoms with Crippen molar-refractivity contribution < 1.29 is 17.9 Å². The minimum atomic E-state index is -3.22. The third-order valence-corrected chi connectivity index (χ3v) is 4.64. The van der Waals surface area contributed by atoms with E-state index < -0.39 is 9.84 Å². The number of para-hydroxylation sites is 1. The molecule has 5 nitrogen and oxygen atoms in total. The summed E-state index contributed by atoms with van der Waals surface area (Å²) in [7, 11) is -1.71. The van der Waals surface area contributed by atoms with Gasteiger partial charge in [0.25, 0.3) is 5.91 Å². The summed E-state index contributed by atoms with van der Waals surface area (Å²) in [5.74, 6) is 0.256. The predicted octanol–water partition coefficient (Wildman–Crippen LogP) is 2.59. The maximum atomic E-state index is 12.3. The fraction of sp³-hybridized carbons (Fsp3) is 0.235. The van der Waals surface area contributed by atoms with Crippen LogP contribution in [0.15, 0.2) is 53.4 Å².